The summed E-state index contributed by atoms with van der Waals surface area (Å²) >= 11 is 6.80. The Morgan fingerprint density at radius 2 is 2.00 bits per heavy atom. The largest absolute Gasteiger partial charge is 0.396 e. The highest BCUT2D eigenvalue weighted by Crippen LogP contribution is 2.32. The Kier molecular flexibility index (Phi) is 4.30. The summed E-state index contributed by atoms with van der Waals surface area (Å²) < 4.78 is -0.0330. The van der Waals surface area contributed by atoms with Crippen molar-refractivity contribution in [3.05, 3.63) is 0 Å². The zero-order valence-electron chi connectivity index (χ0n) is 4.82. The molecule has 0 saturated carbocycles. The van der Waals surface area contributed by atoms with E-state index in [1.54, 1.807) is 0 Å². The molecule has 8 heavy (non-hydrogen) atoms. The lowest BCUT2D eigenvalue weighted by Crippen LogP contribution is -2.10. The van der Waals surface area contributed by atoms with Crippen molar-refractivity contribution in [2.45, 2.75) is 23.0 Å². The second-order valence-corrected chi connectivity index (χ2v) is 5.78. The fraction of sp³-hybridized carbons (Fsp3) is 1.00. The molecule has 0 fully saturated rings. The van der Waals surface area contributed by atoms with Crippen molar-refractivity contribution in [3.8, 4) is 0 Å². The van der Waals surface area contributed by atoms with E-state index in [9.17, 15) is 0 Å². The molecule has 0 aromatic heterocycles. The third-order valence-corrected chi connectivity index (χ3v) is 2.91. The first kappa shape index (κ1) is 8.92. The molecule has 3 heteroatoms. The van der Waals surface area contributed by atoms with Crippen molar-refractivity contribution in [2.24, 2.45) is 0 Å². The molecule has 0 spiro atoms. The molecule has 0 unspecified atom stereocenters. The quantitative estimate of drug-likeness (QED) is 0.757. The first-order valence-electron chi connectivity index (χ1n) is 2.61. The Bertz CT molecular complexity index is 63.4. The van der Waals surface area contributed by atoms with Crippen molar-refractivity contribution < 1.29 is 5.11 Å². The van der Waals surface area contributed by atoms with Gasteiger partial charge in [0.1, 0.15) is 0 Å². The molecule has 0 bridgehead atoms. The van der Waals surface area contributed by atoms with Gasteiger partial charge in [-0.1, -0.05) is 38.8 Å². The van der Waals surface area contributed by atoms with Crippen molar-refractivity contribution in [1.82, 2.24) is 0 Å². The van der Waals surface area contributed by atoms with Gasteiger partial charge in [0.25, 0.3) is 0 Å². The summed E-state index contributed by atoms with van der Waals surface area (Å²) in [5, 5.41) is 8.47. The van der Waals surface area contributed by atoms with Gasteiger partial charge in [-0.05, 0) is 12.8 Å². The SMILES string of the molecule is CCC(Br)(Br)CCO. The fourth-order valence-electron chi connectivity index (χ4n) is 0.340. The number of aliphatic hydroxyl groups excluding tert-OH is 1. The van der Waals surface area contributed by atoms with Gasteiger partial charge in [0.05, 0.1) is 3.23 Å². The maximum Gasteiger partial charge on any atom is 0.0824 e. The van der Waals surface area contributed by atoms with Crippen LogP contribution in [0.4, 0.5) is 0 Å². The lowest BCUT2D eigenvalue weighted by atomic mass is 10.3. The number of hydrogen-bond acceptors (Lipinski definition) is 1. The molecular formula is C5H10Br2O. The average Bonchev–Trinajstić information content (AvgIpc) is 1.67. The van der Waals surface area contributed by atoms with E-state index in [1.807, 2.05) is 0 Å². The monoisotopic (exact) mass is 244 g/mol. The number of halogens is 2. The van der Waals surface area contributed by atoms with E-state index in [0.29, 0.717) is 0 Å². The topological polar surface area (TPSA) is 20.2 Å². The van der Waals surface area contributed by atoms with E-state index in [-0.39, 0.29) is 9.84 Å². The predicted molar refractivity (Wildman–Crippen MR) is 42.6 cm³/mol. The summed E-state index contributed by atoms with van der Waals surface area (Å²) in [4.78, 5) is 0. The van der Waals surface area contributed by atoms with E-state index in [4.69, 9.17) is 5.11 Å². The van der Waals surface area contributed by atoms with E-state index in [2.05, 4.69) is 38.8 Å². The standard InChI is InChI=1S/C5H10Br2O/c1-2-5(6,7)3-4-8/h8H,2-4H2,1H3. The van der Waals surface area contributed by atoms with Gasteiger partial charge in [-0.25, -0.2) is 0 Å². The van der Waals surface area contributed by atoms with Crippen LogP contribution in [-0.4, -0.2) is 14.9 Å². The summed E-state index contributed by atoms with van der Waals surface area (Å²) in [6.07, 6.45) is 1.73. The van der Waals surface area contributed by atoms with Crippen LogP contribution in [0.1, 0.15) is 19.8 Å². The molecule has 50 valence electrons. The molecule has 1 nitrogen and oxygen atoms in total. The molecule has 0 aliphatic heterocycles. The summed E-state index contributed by atoms with van der Waals surface area (Å²) in [7, 11) is 0. The molecule has 0 aliphatic carbocycles. The number of rotatable bonds is 3. The lowest BCUT2D eigenvalue weighted by Gasteiger charge is -2.15. The van der Waals surface area contributed by atoms with Crippen molar-refractivity contribution in [3.63, 3.8) is 0 Å². The normalized spacial score (nSPS) is 12.0. The molecule has 0 heterocycles. The number of alkyl halides is 2. The highest BCUT2D eigenvalue weighted by molar-refractivity contribution is 9.25. The van der Waals surface area contributed by atoms with Crippen LogP contribution in [0, 0.1) is 0 Å². The van der Waals surface area contributed by atoms with Crippen LogP contribution < -0.4 is 0 Å². The third-order valence-electron chi connectivity index (χ3n) is 0.995. The Labute approximate surface area is 66.7 Å². The lowest BCUT2D eigenvalue weighted by molar-refractivity contribution is 0.284. The minimum atomic E-state index is -0.0330. The van der Waals surface area contributed by atoms with Crippen LogP contribution >= 0.6 is 31.9 Å². The molecule has 0 aromatic rings. The van der Waals surface area contributed by atoms with Gasteiger partial charge in [0.2, 0.25) is 0 Å². The van der Waals surface area contributed by atoms with Crippen LogP contribution in [0.5, 0.6) is 0 Å². The van der Waals surface area contributed by atoms with Crippen molar-refractivity contribution >= 4 is 31.9 Å². The van der Waals surface area contributed by atoms with E-state index in [1.165, 1.54) is 0 Å². The molecular weight excluding hydrogens is 236 g/mol. The molecule has 0 aliphatic rings. The summed E-state index contributed by atoms with van der Waals surface area (Å²) in [6.45, 7) is 2.28. The van der Waals surface area contributed by atoms with Gasteiger partial charge in [0.15, 0.2) is 0 Å². The Morgan fingerprint density at radius 3 is 2.12 bits per heavy atom. The Hall–Kier alpha value is 0.920. The summed E-state index contributed by atoms with van der Waals surface area (Å²) in [5.41, 5.74) is 0. The van der Waals surface area contributed by atoms with Crippen LogP contribution in [0.25, 0.3) is 0 Å². The number of hydrogen-bond donors (Lipinski definition) is 1. The Morgan fingerprint density at radius 1 is 1.50 bits per heavy atom. The first-order valence-corrected chi connectivity index (χ1v) is 4.19. The molecule has 0 amide bonds. The van der Waals surface area contributed by atoms with E-state index < -0.39 is 0 Å². The molecule has 0 atom stereocenters. The van der Waals surface area contributed by atoms with Crippen LogP contribution in [0.2, 0.25) is 0 Å². The van der Waals surface area contributed by atoms with E-state index in [0.717, 1.165) is 12.8 Å². The minimum absolute atomic E-state index is 0.0330. The zero-order chi connectivity index (χ0) is 6.62. The van der Waals surface area contributed by atoms with Gasteiger partial charge >= 0.3 is 0 Å². The maximum atomic E-state index is 8.47. The van der Waals surface area contributed by atoms with E-state index >= 15 is 0 Å². The molecule has 0 aromatic carbocycles. The van der Waals surface area contributed by atoms with Crippen LogP contribution in [0.3, 0.4) is 0 Å². The zero-order valence-corrected chi connectivity index (χ0v) is 8.00. The minimum Gasteiger partial charge on any atom is -0.396 e. The fourth-order valence-corrected chi connectivity index (χ4v) is 0.695. The van der Waals surface area contributed by atoms with Gasteiger partial charge < -0.3 is 5.11 Å². The highest BCUT2D eigenvalue weighted by atomic mass is 79.9. The first-order chi connectivity index (χ1) is 3.62. The Balaban J connectivity index is 3.37. The third kappa shape index (κ3) is 3.87. The van der Waals surface area contributed by atoms with Crippen LogP contribution in [-0.2, 0) is 0 Å². The molecule has 0 radical (unpaired) electrons. The predicted octanol–water partition coefficient (Wildman–Crippen LogP) is 2.26. The highest BCUT2D eigenvalue weighted by Gasteiger charge is 2.17. The van der Waals surface area contributed by atoms with Crippen molar-refractivity contribution in [2.75, 3.05) is 6.61 Å². The van der Waals surface area contributed by atoms with Gasteiger partial charge in [-0.3, -0.25) is 0 Å². The molecule has 1 N–H and O–H groups in total. The van der Waals surface area contributed by atoms with Crippen molar-refractivity contribution in [1.29, 1.82) is 0 Å². The smallest absolute Gasteiger partial charge is 0.0824 e. The maximum absolute atomic E-state index is 8.47. The average molecular weight is 246 g/mol. The molecule has 0 saturated heterocycles. The second kappa shape index (κ2) is 3.85. The van der Waals surface area contributed by atoms with Gasteiger partial charge in [0, 0.05) is 6.61 Å². The van der Waals surface area contributed by atoms with Gasteiger partial charge in [-0.2, -0.15) is 0 Å². The molecule has 0 rings (SSSR count). The summed E-state index contributed by atoms with van der Waals surface area (Å²) in [6, 6.07) is 0. The van der Waals surface area contributed by atoms with Crippen LogP contribution in [0.15, 0.2) is 0 Å². The van der Waals surface area contributed by atoms with Gasteiger partial charge in [-0.15, -0.1) is 0 Å². The second-order valence-electron chi connectivity index (χ2n) is 1.68. The summed E-state index contributed by atoms with van der Waals surface area (Å²) in [5.74, 6) is 0. The number of aliphatic hydroxyl groups is 1.